The zero-order valence-corrected chi connectivity index (χ0v) is 11.5. The number of carbonyl (C=O) groups excluding carboxylic acids is 2. The number of hydrogen-bond acceptors (Lipinski definition) is 2. The van der Waals surface area contributed by atoms with Gasteiger partial charge in [0.05, 0.1) is 17.5 Å². The number of anilines is 1. The van der Waals surface area contributed by atoms with E-state index >= 15 is 0 Å². The zero-order chi connectivity index (χ0) is 14.2. The fourth-order valence-corrected chi connectivity index (χ4v) is 4.85. The smallest absolute Gasteiger partial charge is 0.250 e. The molecule has 1 saturated heterocycles. The summed E-state index contributed by atoms with van der Waals surface area (Å²) in [6.07, 6.45) is 6.70. The molecule has 1 heterocycles. The summed E-state index contributed by atoms with van der Waals surface area (Å²) in [5.74, 6) is 0.263. The van der Waals surface area contributed by atoms with Crippen molar-refractivity contribution in [3.05, 3.63) is 42.5 Å². The largest absolute Gasteiger partial charge is 0.273 e. The van der Waals surface area contributed by atoms with Crippen molar-refractivity contribution in [1.82, 2.24) is 5.43 Å². The number of benzene rings is 1. The van der Waals surface area contributed by atoms with Gasteiger partial charge in [-0.05, 0) is 42.2 Å². The van der Waals surface area contributed by atoms with Crippen LogP contribution < -0.4 is 10.4 Å². The van der Waals surface area contributed by atoms with Crippen LogP contribution in [-0.2, 0) is 9.59 Å². The molecule has 0 radical (unpaired) electrons. The maximum absolute atomic E-state index is 12.9. The molecular formula is C17H16N2O2. The minimum atomic E-state index is -0.170. The van der Waals surface area contributed by atoms with Gasteiger partial charge >= 0.3 is 0 Å². The molecule has 1 spiro atoms. The van der Waals surface area contributed by atoms with Gasteiger partial charge < -0.3 is 0 Å². The number of nitrogens with zero attached hydrogens (tertiary/aromatic N) is 1. The van der Waals surface area contributed by atoms with Crippen LogP contribution in [0.3, 0.4) is 0 Å². The van der Waals surface area contributed by atoms with E-state index in [2.05, 4.69) is 17.6 Å². The second-order valence-corrected chi connectivity index (χ2v) is 6.71. The molecule has 2 bridgehead atoms. The van der Waals surface area contributed by atoms with Gasteiger partial charge in [-0.1, -0.05) is 30.4 Å². The zero-order valence-electron chi connectivity index (χ0n) is 11.5. The summed E-state index contributed by atoms with van der Waals surface area (Å²) in [5.41, 5.74) is 3.79. The molecule has 21 heavy (non-hydrogen) atoms. The summed E-state index contributed by atoms with van der Waals surface area (Å²) in [5, 5.41) is 1.45. The number of hydrazine groups is 1. The molecular weight excluding hydrogens is 264 g/mol. The van der Waals surface area contributed by atoms with Crippen molar-refractivity contribution in [2.75, 3.05) is 5.01 Å². The second-order valence-electron chi connectivity index (χ2n) is 6.71. The Morgan fingerprint density at radius 1 is 1.00 bits per heavy atom. The van der Waals surface area contributed by atoms with E-state index < -0.39 is 0 Å². The number of fused-ring (bicyclic) bond motifs is 3. The SMILES string of the molecule is O=C1NN(c2ccccc2)C(=O)[C@@H]2[C@@H]1[C@H]1C=C[C@H]2C12CC2. The van der Waals surface area contributed by atoms with Crippen LogP contribution in [0.25, 0.3) is 0 Å². The van der Waals surface area contributed by atoms with Gasteiger partial charge in [-0.25, -0.2) is 5.01 Å². The molecule has 3 aliphatic carbocycles. The number of nitrogens with one attached hydrogen (secondary N) is 1. The third-order valence-electron chi connectivity index (χ3n) is 5.89. The first-order valence-corrected chi connectivity index (χ1v) is 7.60. The lowest BCUT2D eigenvalue weighted by atomic mass is 9.80. The van der Waals surface area contributed by atoms with Crippen LogP contribution >= 0.6 is 0 Å². The van der Waals surface area contributed by atoms with Crippen molar-refractivity contribution < 1.29 is 9.59 Å². The molecule has 2 amide bonds. The number of para-hydroxylation sites is 1. The van der Waals surface area contributed by atoms with Crippen LogP contribution in [0.1, 0.15) is 12.8 Å². The normalized spacial score (nSPS) is 37.8. The third-order valence-corrected chi connectivity index (χ3v) is 5.89. The quantitative estimate of drug-likeness (QED) is 0.799. The first kappa shape index (κ1) is 11.5. The minimum Gasteiger partial charge on any atom is -0.273 e. The lowest BCUT2D eigenvalue weighted by Crippen LogP contribution is -2.60. The molecule has 2 saturated carbocycles. The number of carbonyl (C=O) groups is 2. The van der Waals surface area contributed by atoms with Crippen LogP contribution in [0.4, 0.5) is 5.69 Å². The van der Waals surface area contributed by atoms with E-state index in [9.17, 15) is 9.59 Å². The van der Waals surface area contributed by atoms with E-state index in [1.165, 1.54) is 5.01 Å². The predicted molar refractivity (Wildman–Crippen MR) is 76.8 cm³/mol. The van der Waals surface area contributed by atoms with Crippen molar-refractivity contribution in [3.8, 4) is 0 Å². The van der Waals surface area contributed by atoms with E-state index in [0.717, 1.165) is 18.5 Å². The number of rotatable bonds is 1. The van der Waals surface area contributed by atoms with Crippen molar-refractivity contribution >= 4 is 17.5 Å². The summed E-state index contributed by atoms with van der Waals surface area (Å²) in [6.45, 7) is 0. The van der Waals surface area contributed by atoms with Gasteiger partial charge in [-0.15, -0.1) is 0 Å². The van der Waals surface area contributed by atoms with Gasteiger partial charge in [0.1, 0.15) is 0 Å². The van der Waals surface area contributed by atoms with Gasteiger partial charge in [-0.2, -0.15) is 0 Å². The fraction of sp³-hybridized carbons (Fsp3) is 0.412. The maximum atomic E-state index is 12.9. The highest BCUT2D eigenvalue weighted by Crippen LogP contribution is 2.72. The molecule has 1 N–H and O–H groups in total. The summed E-state index contributed by atoms with van der Waals surface area (Å²) in [4.78, 5) is 25.5. The Bertz CT molecular complexity index is 677. The minimum absolute atomic E-state index is 0.00609. The lowest BCUT2D eigenvalue weighted by molar-refractivity contribution is -0.140. The Morgan fingerprint density at radius 2 is 1.67 bits per heavy atom. The Balaban J connectivity index is 1.57. The molecule has 4 aliphatic rings. The van der Waals surface area contributed by atoms with Crippen LogP contribution in [0.15, 0.2) is 42.5 Å². The molecule has 4 heteroatoms. The van der Waals surface area contributed by atoms with Crippen LogP contribution in [-0.4, -0.2) is 11.8 Å². The highest BCUT2D eigenvalue weighted by atomic mass is 16.2. The molecule has 0 unspecified atom stereocenters. The molecule has 1 aliphatic heterocycles. The molecule has 1 aromatic carbocycles. The van der Waals surface area contributed by atoms with Gasteiger partial charge in [0.2, 0.25) is 11.8 Å². The Morgan fingerprint density at radius 3 is 2.33 bits per heavy atom. The summed E-state index contributed by atoms with van der Waals surface area (Å²) >= 11 is 0. The second kappa shape index (κ2) is 3.56. The number of hydrogen-bond donors (Lipinski definition) is 1. The van der Waals surface area contributed by atoms with E-state index in [0.29, 0.717) is 0 Å². The highest BCUT2D eigenvalue weighted by Gasteiger charge is 2.71. The fourth-order valence-electron chi connectivity index (χ4n) is 4.85. The average Bonchev–Trinajstić information content (AvgIpc) is 3.17. The Kier molecular flexibility index (Phi) is 1.96. The van der Waals surface area contributed by atoms with Gasteiger partial charge in [0.15, 0.2) is 0 Å². The van der Waals surface area contributed by atoms with E-state index in [1.54, 1.807) is 0 Å². The van der Waals surface area contributed by atoms with E-state index in [-0.39, 0.29) is 40.9 Å². The van der Waals surface area contributed by atoms with Crippen LogP contribution in [0, 0.1) is 29.1 Å². The summed E-state index contributed by atoms with van der Waals surface area (Å²) < 4.78 is 0. The van der Waals surface area contributed by atoms with Crippen LogP contribution in [0.2, 0.25) is 0 Å². The monoisotopic (exact) mass is 280 g/mol. The van der Waals surface area contributed by atoms with Crippen molar-refractivity contribution in [1.29, 1.82) is 0 Å². The third kappa shape index (κ3) is 1.26. The Labute approximate surface area is 122 Å². The van der Waals surface area contributed by atoms with Gasteiger partial charge in [0, 0.05) is 0 Å². The van der Waals surface area contributed by atoms with Crippen LogP contribution in [0.5, 0.6) is 0 Å². The lowest BCUT2D eigenvalue weighted by Gasteiger charge is -2.37. The standard InChI is InChI=1S/C17H16N2O2/c20-15-13-11-6-7-12(17(11)8-9-17)14(13)16(21)19(18-15)10-4-2-1-3-5-10/h1-7,11-14H,8-9H2,(H,18,20)/t11-,12-,13+,14+/m1/s1. The molecule has 0 aromatic heterocycles. The topological polar surface area (TPSA) is 49.4 Å². The van der Waals surface area contributed by atoms with Crippen molar-refractivity contribution in [2.45, 2.75) is 12.8 Å². The van der Waals surface area contributed by atoms with Gasteiger partial charge in [0.25, 0.3) is 0 Å². The van der Waals surface area contributed by atoms with Crippen molar-refractivity contribution in [2.24, 2.45) is 29.1 Å². The average molecular weight is 280 g/mol. The first-order valence-electron chi connectivity index (χ1n) is 7.60. The molecule has 1 aromatic rings. The van der Waals surface area contributed by atoms with Crippen molar-refractivity contribution in [3.63, 3.8) is 0 Å². The predicted octanol–water partition coefficient (Wildman–Crippen LogP) is 1.89. The summed E-state index contributed by atoms with van der Waals surface area (Å²) in [7, 11) is 0. The molecule has 4 nitrogen and oxygen atoms in total. The molecule has 3 fully saturated rings. The Hall–Kier alpha value is -2.10. The van der Waals surface area contributed by atoms with E-state index in [4.69, 9.17) is 0 Å². The summed E-state index contributed by atoms with van der Waals surface area (Å²) in [6, 6.07) is 9.37. The number of amides is 2. The maximum Gasteiger partial charge on any atom is 0.250 e. The molecule has 4 atom stereocenters. The van der Waals surface area contributed by atoms with Gasteiger partial charge in [-0.3, -0.25) is 15.0 Å². The van der Waals surface area contributed by atoms with E-state index in [1.807, 2.05) is 30.3 Å². The molecule has 5 rings (SSSR count). The number of allylic oxidation sites excluding steroid dienone is 2. The highest BCUT2D eigenvalue weighted by molar-refractivity contribution is 6.05. The first-order chi connectivity index (χ1) is 10.2. The molecule has 106 valence electrons.